The number of nitrogens with zero attached hydrogens (tertiary/aromatic N) is 3. The lowest BCUT2D eigenvalue weighted by Crippen LogP contribution is -2.30. The van der Waals surface area contributed by atoms with Gasteiger partial charge in [-0.05, 0) is 37.6 Å². The van der Waals surface area contributed by atoms with E-state index in [-0.39, 0.29) is 17.4 Å². The maximum atomic E-state index is 14.5. The van der Waals surface area contributed by atoms with Crippen LogP contribution in [0.25, 0.3) is 11.3 Å². The van der Waals surface area contributed by atoms with E-state index in [0.29, 0.717) is 18.3 Å². The summed E-state index contributed by atoms with van der Waals surface area (Å²) in [5, 5.41) is 5.68. The predicted molar refractivity (Wildman–Crippen MR) is 131 cm³/mol. The van der Waals surface area contributed by atoms with Gasteiger partial charge in [-0.1, -0.05) is 0 Å². The van der Waals surface area contributed by atoms with E-state index in [0.717, 1.165) is 19.4 Å². The molecule has 1 saturated heterocycles. The molecule has 1 aromatic carbocycles. The van der Waals surface area contributed by atoms with Gasteiger partial charge in [0.05, 0.1) is 11.3 Å². The first-order valence-corrected chi connectivity index (χ1v) is 12.7. The summed E-state index contributed by atoms with van der Waals surface area (Å²) in [6.45, 7) is 1.57. The Kier molecular flexibility index (Phi) is 10.4. The van der Waals surface area contributed by atoms with Crippen molar-refractivity contribution in [2.24, 2.45) is 0 Å². The number of hydrogen-bond acceptors (Lipinski definition) is 7. The van der Waals surface area contributed by atoms with Gasteiger partial charge in [-0.3, -0.25) is 4.72 Å². The highest BCUT2D eigenvalue weighted by atomic mass is 32.2. The zero-order chi connectivity index (χ0) is 28.6. The molecule has 2 unspecified atom stereocenters. The van der Waals surface area contributed by atoms with E-state index >= 15 is 0 Å². The number of nitrogens with one attached hydrogen (secondary N) is 3. The van der Waals surface area contributed by atoms with Gasteiger partial charge in [-0.2, -0.15) is 17.6 Å². The van der Waals surface area contributed by atoms with Crippen LogP contribution in [0, 0.1) is 17.5 Å². The minimum Gasteiger partial charge on any atom is -0.435 e. The average Bonchev–Trinajstić information content (AvgIpc) is 2.90. The fraction of sp³-hybridized carbons (Fsp3) is 0.348. The minimum atomic E-state index is -4.87. The van der Waals surface area contributed by atoms with E-state index in [1.807, 2.05) is 0 Å². The van der Waals surface area contributed by atoms with Gasteiger partial charge in [0.2, 0.25) is 17.6 Å². The Balaban J connectivity index is 0.000000520. The first kappa shape index (κ1) is 30.0. The molecule has 3 heterocycles. The van der Waals surface area contributed by atoms with Crippen molar-refractivity contribution in [1.82, 2.24) is 20.3 Å². The van der Waals surface area contributed by atoms with E-state index in [1.165, 1.54) is 35.3 Å². The number of pyridine rings is 1. The number of piperidine rings is 1. The van der Waals surface area contributed by atoms with E-state index < -0.39 is 58.0 Å². The summed E-state index contributed by atoms with van der Waals surface area (Å²) in [5.41, 5.74) is -0.789. The first-order chi connectivity index (χ1) is 18.5. The summed E-state index contributed by atoms with van der Waals surface area (Å²) in [6, 6.07) is 4.91. The molecule has 8 nitrogen and oxygen atoms in total. The summed E-state index contributed by atoms with van der Waals surface area (Å²) >= 11 is 0. The number of ether oxygens (including phenoxy) is 1. The molecule has 0 spiro atoms. The second-order valence-corrected chi connectivity index (χ2v) is 9.17. The number of anilines is 2. The van der Waals surface area contributed by atoms with E-state index in [2.05, 4.69) is 25.6 Å². The Morgan fingerprint density at radius 1 is 1.15 bits per heavy atom. The van der Waals surface area contributed by atoms with Crippen molar-refractivity contribution in [3.05, 3.63) is 54.1 Å². The van der Waals surface area contributed by atoms with Gasteiger partial charge in [-0.25, -0.2) is 32.3 Å². The lowest BCUT2D eigenvalue weighted by Gasteiger charge is -2.14. The SMILES string of the molecule is CNc1nccc(-c2cccnc2Oc2cc(F)c(NS(=O)CC(F)(F)F)c(F)c2F)n1.FC1CCCNC1. The highest BCUT2D eigenvalue weighted by molar-refractivity contribution is 7.86. The summed E-state index contributed by atoms with van der Waals surface area (Å²) in [5.74, 6) is -7.99. The summed E-state index contributed by atoms with van der Waals surface area (Å²) in [4.78, 5) is 12.0. The second kappa shape index (κ2) is 13.5. The van der Waals surface area contributed by atoms with Gasteiger partial charge < -0.3 is 15.4 Å². The first-order valence-electron chi connectivity index (χ1n) is 11.4. The van der Waals surface area contributed by atoms with Crippen LogP contribution in [-0.4, -0.2) is 57.4 Å². The molecule has 0 aliphatic carbocycles. The minimum absolute atomic E-state index is 0.236. The highest BCUT2D eigenvalue weighted by Gasteiger charge is 2.32. The Bertz CT molecular complexity index is 1290. The Morgan fingerprint density at radius 3 is 2.54 bits per heavy atom. The van der Waals surface area contributed by atoms with Crippen molar-refractivity contribution in [3.8, 4) is 22.9 Å². The monoisotopic (exact) mass is 580 g/mol. The van der Waals surface area contributed by atoms with Crippen LogP contribution >= 0.6 is 0 Å². The van der Waals surface area contributed by atoms with Crippen LogP contribution in [0.3, 0.4) is 0 Å². The third kappa shape index (κ3) is 8.74. The van der Waals surface area contributed by atoms with Crippen LogP contribution in [0.15, 0.2) is 36.7 Å². The largest absolute Gasteiger partial charge is 0.435 e. The third-order valence-corrected chi connectivity index (χ3v) is 6.03. The molecule has 39 heavy (non-hydrogen) atoms. The molecule has 4 rings (SSSR count). The molecule has 1 aliphatic rings. The molecule has 3 aromatic rings. The molecule has 0 radical (unpaired) electrons. The number of hydrogen-bond donors (Lipinski definition) is 3. The Hall–Kier alpha value is -3.53. The van der Waals surface area contributed by atoms with Crippen molar-refractivity contribution in [1.29, 1.82) is 0 Å². The molecular weight excluding hydrogens is 557 g/mol. The molecule has 16 heteroatoms. The van der Waals surface area contributed by atoms with Crippen LogP contribution in [0.2, 0.25) is 0 Å². The maximum absolute atomic E-state index is 14.5. The van der Waals surface area contributed by atoms with Crippen LogP contribution in [0.5, 0.6) is 11.6 Å². The van der Waals surface area contributed by atoms with Crippen molar-refractivity contribution in [3.63, 3.8) is 0 Å². The summed E-state index contributed by atoms with van der Waals surface area (Å²) in [7, 11) is -1.36. The van der Waals surface area contributed by atoms with Crippen LogP contribution in [0.4, 0.5) is 42.4 Å². The average molecular weight is 581 g/mol. The van der Waals surface area contributed by atoms with Crippen molar-refractivity contribution in [2.75, 3.05) is 35.9 Å². The molecule has 0 saturated carbocycles. The van der Waals surface area contributed by atoms with Crippen molar-refractivity contribution in [2.45, 2.75) is 25.2 Å². The van der Waals surface area contributed by atoms with Gasteiger partial charge in [0.1, 0.15) is 28.6 Å². The topological polar surface area (TPSA) is 101 Å². The zero-order valence-corrected chi connectivity index (χ0v) is 21.1. The van der Waals surface area contributed by atoms with Gasteiger partial charge in [0.15, 0.2) is 17.4 Å². The van der Waals surface area contributed by atoms with Gasteiger partial charge in [0.25, 0.3) is 0 Å². The standard InChI is InChI=1S/C18H13F6N5O2S.C5H10FN/c1-25-17-27-6-4-11(28-17)9-3-2-5-26-16(9)31-12-7-10(19)15(14(21)13(12)20)29-32(30)8-18(22,23)24;6-5-2-1-3-7-4-5/h2-7,29H,8H2,1H3,(H,25,27,28);5,7H,1-4H2. The van der Waals surface area contributed by atoms with Gasteiger partial charge in [-0.15, -0.1) is 0 Å². The Labute approximate surface area is 221 Å². The molecule has 1 aliphatic heterocycles. The molecule has 0 bridgehead atoms. The zero-order valence-electron chi connectivity index (χ0n) is 20.3. The normalized spacial score (nSPS) is 16.1. The summed E-state index contributed by atoms with van der Waals surface area (Å²) < 4.78 is 110. The number of halogens is 7. The number of aromatic nitrogens is 3. The molecule has 2 atom stereocenters. The lowest BCUT2D eigenvalue weighted by molar-refractivity contribution is -0.105. The number of alkyl halides is 4. The molecule has 0 amide bonds. The van der Waals surface area contributed by atoms with Crippen molar-refractivity contribution < 1.29 is 39.7 Å². The number of benzene rings is 1. The van der Waals surface area contributed by atoms with E-state index in [9.17, 15) is 34.9 Å². The lowest BCUT2D eigenvalue weighted by atomic mass is 10.1. The number of rotatable bonds is 7. The highest BCUT2D eigenvalue weighted by Crippen LogP contribution is 2.35. The Morgan fingerprint density at radius 2 is 1.92 bits per heavy atom. The van der Waals surface area contributed by atoms with Crippen LogP contribution in [0.1, 0.15) is 12.8 Å². The predicted octanol–water partition coefficient (Wildman–Crippen LogP) is 5.14. The van der Waals surface area contributed by atoms with Gasteiger partial charge >= 0.3 is 6.18 Å². The second-order valence-electron chi connectivity index (χ2n) is 7.98. The van der Waals surface area contributed by atoms with E-state index in [4.69, 9.17) is 4.74 Å². The fourth-order valence-corrected chi connectivity index (χ4v) is 4.03. The van der Waals surface area contributed by atoms with Crippen molar-refractivity contribution >= 4 is 22.6 Å². The quantitative estimate of drug-likeness (QED) is 0.263. The molecular formula is C23H23F7N6O2S. The molecule has 212 valence electrons. The van der Waals surface area contributed by atoms with Crippen LogP contribution in [-0.2, 0) is 11.0 Å². The summed E-state index contributed by atoms with van der Waals surface area (Å²) in [6.07, 6.45) is -0.982. The molecule has 3 N–H and O–H groups in total. The molecule has 2 aromatic heterocycles. The third-order valence-electron chi connectivity index (χ3n) is 5.01. The van der Waals surface area contributed by atoms with E-state index in [1.54, 1.807) is 7.05 Å². The smallest absolute Gasteiger partial charge is 0.402 e. The van der Waals surface area contributed by atoms with Crippen LogP contribution < -0.4 is 20.1 Å². The maximum Gasteiger partial charge on any atom is 0.402 e. The van der Waals surface area contributed by atoms with Gasteiger partial charge in [0, 0.05) is 32.1 Å². The molecule has 1 fully saturated rings. The fourth-order valence-electron chi connectivity index (χ4n) is 3.25.